The molecule has 0 radical (unpaired) electrons. The highest BCUT2D eigenvalue weighted by molar-refractivity contribution is 5.99. The zero-order valence-corrected chi connectivity index (χ0v) is 15.6. The van der Waals surface area contributed by atoms with Crippen molar-refractivity contribution in [3.8, 4) is 5.75 Å². The van der Waals surface area contributed by atoms with Gasteiger partial charge >= 0.3 is 12.6 Å². The minimum absolute atomic E-state index is 0.0401. The van der Waals surface area contributed by atoms with Crippen molar-refractivity contribution in [3.05, 3.63) is 48.0 Å². The highest BCUT2D eigenvalue weighted by Crippen LogP contribution is 2.25. The number of hydrogen-bond donors (Lipinski definition) is 1. The Hall–Kier alpha value is -3.56. The van der Waals surface area contributed by atoms with Crippen LogP contribution in [-0.2, 0) is 16.1 Å². The van der Waals surface area contributed by atoms with Crippen molar-refractivity contribution >= 4 is 28.6 Å². The van der Waals surface area contributed by atoms with Crippen LogP contribution in [0, 0.1) is 0 Å². The Kier molecular flexibility index (Phi) is 6.01. The lowest BCUT2D eigenvalue weighted by Crippen LogP contribution is -2.30. The van der Waals surface area contributed by atoms with Crippen molar-refractivity contribution in [2.24, 2.45) is 0 Å². The maximum Gasteiger partial charge on any atom is 0.387 e. The zero-order valence-electron chi connectivity index (χ0n) is 15.6. The molecule has 10 heteroatoms. The highest BCUT2D eigenvalue weighted by Gasteiger charge is 2.21. The number of rotatable bonds is 7. The summed E-state index contributed by atoms with van der Waals surface area (Å²) in [4.78, 5) is 24.7. The van der Waals surface area contributed by atoms with Crippen LogP contribution in [0.15, 0.2) is 42.5 Å². The largest absolute Gasteiger partial charge is 0.449 e. The first-order valence-corrected chi connectivity index (χ1v) is 8.78. The van der Waals surface area contributed by atoms with E-state index in [9.17, 15) is 18.4 Å². The first-order valence-electron chi connectivity index (χ1n) is 8.78. The minimum Gasteiger partial charge on any atom is -0.449 e. The SMILES string of the molecule is CCn1nnc2cc(C(=O)O[C@H](C)C(=O)Nc3ccccc3OC(F)F)ccc21. The lowest BCUT2D eigenvalue weighted by Gasteiger charge is -2.15. The van der Waals surface area contributed by atoms with Gasteiger partial charge in [-0.25, -0.2) is 9.48 Å². The second-order valence-electron chi connectivity index (χ2n) is 6.02. The van der Waals surface area contributed by atoms with Crippen molar-refractivity contribution in [1.29, 1.82) is 0 Å². The number of nitrogens with one attached hydrogen (secondary N) is 1. The summed E-state index contributed by atoms with van der Waals surface area (Å²) < 4.78 is 36.2. The fourth-order valence-electron chi connectivity index (χ4n) is 2.62. The third kappa shape index (κ3) is 4.65. The number of hydrogen-bond acceptors (Lipinski definition) is 6. The minimum atomic E-state index is -3.04. The van der Waals surface area contributed by atoms with Gasteiger partial charge in [0, 0.05) is 6.54 Å². The molecule has 1 N–H and O–H groups in total. The van der Waals surface area contributed by atoms with Crippen molar-refractivity contribution in [2.45, 2.75) is 33.1 Å². The number of ether oxygens (including phenoxy) is 2. The van der Waals surface area contributed by atoms with E-state index >= 15 is 0 Å². The molecule has 152 valence electrons. The predicted octanol–water partition coefficient (Wildman–Crippen LogP) is 3.24. The molecule has 2 aromatic carbocycles. The lowest BCUT2D eigenvalue weighted by molar-refractivity contribution is -0.123. The van der Waals surface area contributed by atoms with Crippen molar-refractivity contribution in [2.75, 3.05) is 5.32 Å². The highest BCUT2D eigenvalue weighted by atomic mass is 19.3. The van der Waals surface area contributed by atoms with E-state index in [0.717, 1.165) is 5.52 Å². The first-order chi connectivity index (χ1) is 13.9. The number of amides is 1. The van der Waals surface area contributed by atoms with Crippen LogP contribution < -0.4 is 10.1 Å². The summed E-state index contributed by atoms with van der Waals surface area (Å²) in [5, 5.41) is 10.4. The van der Waals surface area contributed by atoms with E-state index < -0.39 is 24.6 Å². The molecule has 1 heterocycles. The number of benzene rings is 2. The maximum atomic E-state index is 12.5. The summed E-state index contributed by atoms with van der Waals surface area (Å²) in [6, 6.07) is 10.5. The van der Waals surface area contributed by atoms with Crippen LogP contribution in [0.1, 0.15) is 24.2 Å². The van der Waals surface area contributed by atoms with Gasteiger partial charge in [0.2, 0.25) is 0 Å². The summed E-state index contributed by atoms with van der Waals surface area (Å²) in [7, 11) is 0. The van der Waals surface area contributed by atoms with Crippen LogP contribution >= 0.6 is 0 Å². The molecule has 1 amide bonds. The van der Waals surface area contributed by atoms with Gasteiger partial charge in [-0.05, 0) is 44.2 Å². The van der Waals surface area contributed by atoms with Crippen LogP contribution in [0.2, 0.25) is 0 Å². The monoisotopic (exact) mass is 404 g/mol. The average Bonchev–Trinajstić information content (AvgIpc) is 3.11. The second-order valence-corrected chi connectivity index (χ2v) is 6.02. The summed E-state index contributed by atoms with van der Waals surface area (Å²) in [5.41, 5.74) is 1.54. The van der Waals surface area contributed by atoms with Crippen LogP contribution in [0.4, 0.5) is 14.5 Å². The molecular weight excluding hydrogens is 386 g/mol. The van der Waals surface area contributed by atoms with Crippen molar-refractivity contribution < 1.29 is 27.8 Å². The third-order valence-corrected chi connectivity index (χ3v) is 4.06. The van der Waals surface area contributed by atoms with Gasteiger partial charge in [-0.15, -0.1) is 5.10 Å². The zero-order chi connectivity index (χ0) is 21.0. The molecule has 0 bridgehead atoms. The molecule has 0 saturated heterocycles. The number of halogens is 2. The molecule has 8 nitrogen and oxygen atoms in total. The number of aromatic nitrogens is 3. The topological polar surface area (TPSA) is 95.3 Å². The first kappa shape index (κ1) is 20.2. The Balaban J connectivity index is 1.67. The summed E-state index contributed by atoms with van der Waals surface area (Å²) in [6.07, 6.45) is -1.18. The van der Waals surface area contributed by atoms with Gasteiger partial charge in [0.1, 0.15) is 11.3 Å². The molecule has 3 aromatic rings. The molecule has 0 aliphatic heterocycles. The van der Waals surface area contributed by atoms with E-state index in [-0.39, 0.29) is 17.0 Å². The number of nitrogens with zero attached hydrogens (tertiary/aromatic N) is 3. The molecular formula is C19H18F2N4O4. The number of carbonyl (C=O) groups is 2. The number of anilines is 1. The van der Waals surface area contributed by atoms with Gasteiger partial charge in [0.15, 0.2) is 6.10 Å². The van der Waals surface area contributed by atoms with Crippen LogP contribution in [0.3, 0.4) is 0 Å². The molecule has 29 heavy (non-hydrogen) atoms. The van der Waals surface area contributed by atoms with Gasteiger partial charge in [0.25, 0.3) is 5.91 Å². The fraction of sp³-hybridized carbons (Fsp3) is 0.263. The Morgan fingerprint density at radius 1 is 1.21 bits per heavy atom. The maximum absolute atomic E-state index is 12.5. The van der Waals surface area contributed by atoms with Crippen LogP contribution in [-0.4, -0.2) is 39.6 Å². The number of alkyl halides is 2. The fourth-order valence-corrected chi connectivity index (χ4v) is 2.62. The second kappa shape index (κ2) is 8.63. The molecule has 0 aliphatic rings. The van der Waals surface area contributed by atoms with Crippen LogP contribution in [0.25, 0.3) is 11.0 Å². The van der Waals surface area contributed by atoms with E-state index in [4.69, 9.17) is 4.74 Å². The Morgan fingerprint density at radius 2 is 1.97 bits per heavy atom. The van der Waals surface area contributed by atoms with Crippen LogP contribution in [0.5, 0.6) is 5.75 Å². The summed E-state index contributed by atoms with van der Waals surface area (Å²) in [5.74, 6) is -1.61. The lowest BCUT2D eigenvalue weighted by atomic mass is 10.2. The van der Waals surface area contributed by atoms with Gasteiger partial charge < -0.3 is 14.8 Å². The smallest absolute Gasteiger partial charge is 0.387 e. The van der Waals surface area contributed by atoms with Gasteiger partial charge in [-0.3, -0.25) is 4.79 Å². The average molecular weight is 404 g/mol. The summed E-state index contributed by atoms with van der Waals surface area (Å²) >= 11 is 0. The quantitative estimate of drug-likeness (QED) is 0.608. The van der Waals surface area contributed by atoms with E-state index in [1.54, 1.807) is 22.9 Å². The number of fused-ring (bicyclic) bond motifs is 1. The standard InChI is InChI=1S/C19H18F2N4O4/c1-3-25-15-9-8-12(10-14(15)23-24-25)18(27)28-11(2)17(26)22-13-6-4-5-7-16(13)29-19(20)21/h4-11,19H,3H2,1-2H3,(H,22,26)/t11-/m1/s1. The van der Waals surface area contributed by atoms with Gasteiger partial charge in [0.05, 0.1) is 16.8 Å². The molecule has 0 fully saturated rings. The van der Waals surface area contributed by atoms with E-state index in [2.05, 4.69) is 20.4 Å². The molecule has 1 atom stereocenters. The molecule has 3 rings (SSSR count). The molecule has 0 aliphatic carbocycles. The predicted molar refractivity (Wildman–Crippen MR) is 99.8 cm³/mol. The van der Waals surface area contributed by atoms with E-state index in [1.807, 2.05) is 6.92 Å². The van der Waals surface area contributed by atoms with Crippen molar-refractivity contribution in [3.63, 3.8) is 0 Å². The molecule has 0 unspecified atom stereocenters. The Morgan fingerprint density at radius 3 is 2.69 bits per heavy atom. The Labute approximate surface area is 164 Å². The van der Waals surface area contributed by atoms with E-state index in [0.29, 0.717) is 12.1 Å². The molecule has 1 aromatic heterocycles. The molecule has 0 saturated carbocycles. The normalized spacial score (nSPS) is 12.0. The summed E-state index contributed by atoms with van der Waals surface area (Å²) in [6.45, 7) is 0.884. The third-order valence-electron chi connectivity index (χ3n) is 4.06. The molecule has 0 spiro atoms. The number of esters is 1. The number of aryl methyl sites for hydroxylation is 1. The van der Waals surface area contributed by atoms with Gasteiger partial charge in [-0.1, -0.05) is 17.3 Å². The number of para-hydroxylation sites is 2. The Bertz CT molecular complexity index is 1040. The van der Waals surface area contributed by atoms with E-state index in [1.165, 1.54) is 31.2 Å². The number of carbonyl (C=O) groups excluding carboxylic acids is 2. The van der Waals surface area contributed by atoms with Crippen molar-refractivity contribution in [1.82, 2.24) is 15.0 Å². The van der Waals surface area contributed by atoms with Gasteiger partial charge in [-0.2, -0.15) is 8.78 Å².